The summed E-state index contributed by atoms with van der Waals surface area (Å²) in [7, 11) is 2.14. The molecule has 2 aliphatic carbocycles. The Balaban J connectivity index is 1.61. The highest BCUT2D eigenvalue weighted by Crippen LogP contribution is 2.41. The first kappa shape index (κ1) is 13.9. The highest BCUT2D eigenvalue weighted by atomic mass is 15.2. The molecule has 2 unspecified atom stereocenters. The maximum atomic E-state index is 3.50. The van der Waals surface area contributed by atoms with E-state index in [0.717, 1.165) is 11.8 Å². The van der Waals surface area contributed by atoms with E-state index >= 15 is 0 Å². The number of nitrogens with one attached hydrogen (secondary N) is 1. The molecule has 1 heterocycles. The molecule has 0 aromatic carbocycles. The van der Waals surface area contributed by atoms with Crippen molar-refractivity contribution in [3.8, 4) is 0 Å². The van der Waals surface area contributed by atoms with Gasteiger partial charge in [-0.25, -0.2) is 0 Å². The lowest BCUT2D eigenvalue weighted by Crippen LogP contribution is -2.43. The second-order valence-corrected chi connectivity index (χ2v) is 7.59. The van der Waals surface area contributed by atoms with Crippen molar-refractivity contribution in [3.63, 3.8) is 0 Å². The Hall–Kier alpha value is -0.0800. The number of likely N-dealkylation sites (tertiary alicyclic amines) is 1. The molecule has 110 valence electrons. The lowest BCUT2D eigenvalue weighted by molar-refractivity contribution is 0.141. The van der Waals surface area contributed by atoms with Gasteiger partial charge in [-0.1, -0.05) is 32.1 Å². The lowest BCUT2D eigenvalue weighted by atomic mass is 9.79. The predicted molar refractivity (Wildman–Crippen MR) is 81.3 cm³/mol. The number of nitrogens with zero attached hydrogens (tertiary/aromatic N) is 1. The average Bonchev–Trinajstić information content (AvgIpc) is 2.87. The van der Waals surface area contributed by atoms with E-state index in [-0.39, 0.29) is 0 Å². The van der Waals surface area contributed by atoms with Crippen LogP contribution >= 0.6 is 0 Å². The summed E-state index contributed by atoms with van der Waals surface area (Å²) < 4.78 is 0. The van der Waals surface area contributed by atoms with Crippen LogP contribution in [0.25, 0.3) is 0 Å². The normalized spacial score (nSPS) is 35.2. The first-order valence-electron chi connectivity index (χ1n) is 8.68. The quantitative estimate of drug-likeness (QED) is 0.784. The van der Waals surface area contributed by atoms with Crippen LogP contribution in [0, 0.1) is 17.3 Å². The van der Waals surface area contributed by atoms with Crippen molar-refractivity contribution in [1.29, 1.82) is 0 Å². The van der Waals surface area contributed by atoms with E-state index in [1.54, 1.807) is 0 Å². The zero-order valence-electron chi connectivity index (χ0n) is 12.8. The molecule has 3 fully saturated rings. The molecular formula is C17H32N2. The maximum absolute atomic E-state index is 3.50. The number of fused-ring (bicyclic) bond motifs is 1. The lowest BCUT2D eigenvalue weighted by Gasteiger charge is -2.37. The third-order valence-electron chi connectivity index (χ3n) is 6.08. The summed E-state index contributed by atoms with van der Waals surface area (Å²) >= 11 is 0. The molecule has 1 saturated heterocycles. The Labute approximate surface area is 119 Å². The summed E-state index contributed by atoms with van der Waals surface area (Å²) in [6.07, 6.45) is 13.3. The van der Waals surface area contributed by atoms with Crippen LogP contribution in [0.2, 0.25) is 0 Å². The van der Waals surface area contributed by atoms with Crippen molar-refractivity contribution in [2.45, 2.75) is 57.8 Å². The minimum atomic E-state index is 0.587. The Morgan fingerprint density at radius 1 is 0.947 bits per heavy atom. The number of hydrogen-bond donors (Lipinski definition) is 1. The van der Waals surface area contributed by atoms with E-state index in [2.05, 4.69) is 17.3 Å². The van der Waals surface area contributed by atoms with E-state index in [4.69, 9.17) is 0 Å². The zero-order valence-corrected chi connectivity index (χ0v) is 12.8. The molecule has 3 aliphatic rings. The van der Waals surface area contributed by atoms with Crippen molar-refractivity contribution in [2.24, 2.45) is 17.3 Å². The minimum Gasteiger partial charge on any atom is -0.319 e. The SMILES string of the molecule is CNCC1(CN2CC3CCCC3C2)CCCCCC1. The van der Waals surface area contributed by atoms with Gasteiger partial charge in [-0.15, -0.1) is 0 Å². The molecule has 0 amide bonds. The summed E-state index contributed by atoms with van der Waals surface area (Å²) in [6, 6.07) is 0. The Morgan fingerprint density at radius 3 is 2.16 bits per heavy atom. The third-order valence-corrected chi connectivity index (χ3v) is 6.08. The van der Waals surface area contributed by atoms with Gasteiger partial charge >= 0.3 is 0 Å². The molecule has 2 heteroatoms. The Kier molecular flexibility index (Phi) is 4.48. The predicted octanol–water partition coefficient (Wildman–Crippen LogP) is 3.28. The van der Waals surface area contributed by atoms with Gasteiger partial charge in [0.25, 0.3) is 0 Å². The highest BCUT2D eigenvalue weighted by Gasteiger charge is 2.40. The van der Waals surface area contributed by atoms with Gasteiger partial charge in [0.05, 0.1) is 0 Å². The summed E-state index contributed by atoms with van der Waals surface area (Å²) in [4.78, 5) is 2.83. The third kappa shape index (κ3) is 3.16. The van der Waals surface area contributed by atoms with Crippen molar-refractivity contribution in [1.82, 2.24) is 10.2 Å². The summed E-state index contributed by atoms with van der Waals surface area (Å²) in [6.45, 7) is 5.44. The molecular weight excluding hydrogens is 232 g/mol. The second-order valence-electron chi connectivity index (χ2n) is 7.59. The molecule has 0 bridgehead atoms. The van der Waals surface area contributed by atoms with E-state index in [0.29, 0.717) is 5.41 Å². The topological polar surface area (TPSA) is 15.3 Å². The molecule has 0 aromatic heterocycles. The van der Waals surface area contributed by atoms with E-state index in [9.17, 15) is 0 Å². The maximum Gasteiger partial charge on any atom is 0.00504 e. The van der Waals surface area contributed by atoms with Crippen LogP contribution in [0.1, 0.15) is 57.8 Å². The molecule has 2 atom stereocenters. The molecule has 1 aliphatic heterocycles. The van der Waals surface area contributed by atoms with Gasteiger partial charge in [0.1, 0.15) is 0 Å². The monoisotopic (exact) mass is 264 g/mol. The average molecular weight is 264 g/mol. The van der Waals surface area contributed by atoms with E-state index in [1.165, 1.54) is 84.0 Å². The van der Waals surface area contributed by atoms with Gasteiger partial charge in [0, 0.05) is 26.2 Å². The second kappa shape index (κ2) is 6.13. The van der Waals surface area contributed by atoms with Gasteiger partial charge < -0.3 is 10.2 Å². The van der Waals surface area contributed by atoms with Crippen LogP contribution in [0.3, 0.4) is 0 Å². The smallest absolute Gasteiger partial charge is 0.00504 e. The molecule has 0 spiro atoms. The standard InChI is InChI=1S/C17H32N2/c1-18-13-17(9-4-2-3-5-10-17)14-19-11-15-7-6-8-16(15)12-19/h15-16,18H,2-14H2,1H3. The van der Waals surface area contributed by atoms with Crippen molar-refractivity contribution in [2.75, 3.05) is 33.2 Å². The molecule has 0 radical (unpaired) electrons. The van der Waals surface area contributed by atoms with Gasteiger partial charge in [-0.05, 0) is 50.0 Å². The zero-order chi connectivity index (χ0) is 13.1. The molecule has 2 saturated carbocycles. The number of rotatable bonds is 4. The van der Waals surface area contributed by atoms with Crippen LogP contribution in [-0.2, 0) is 0 Å². The van der Waals surface area contributed by atoms with Crippen molar-refractivity contribution < 1.29 is 0 Å². The van der Waals surface area contributed by atoms with Crippen LogP contribution < -0.4 is 5.32 Å². The highest BCUT2D eigenvalue weighted by molar-refractivity contribution is 4.93. The van der Waals surface area contributed by atoms with Gasteiger partial charge in [-0.3, -0.25) is 0 Å². The Morgan fingerprint density at radius 2 is 1.58 bits per heavy atom. The first-order chi connectivity index (χ1) is 9.31. The van der Waals surface area contributed by atoms with Gasteiger partial charge in [0.2, 0.25) is 0 Å². The molecule has 3 rings (SSSR count). The van der Waals surface area contributed by atoms with Crippen LogP contribution in [0.15, 0.2) is 0 Å². The number of hydrogen-bond acceptors (Lipinski definition) is 2. The molecule has 19 heavy (non-hydrogen) atoms. The minimum absolute atomic E-state index is 0.587. The van der Waals surface area contributed by atoms with Gasteiger partial charge in [-0.2, -0.15) is 0 Å². The van der Waals surface area contributed by atoms with Crippen molar-refractivity contribution >= 4 is 0 Å². The van der Waals surface area contributed by atoms with Crippen LogP contribution in [-0.4, -0.2) is 38.1 Å². The van der Waals surface area contributed by atoms with E-state index in [1.807, 2.05) is 0 Å². The van der Waals surface area contributed by atoms with Crippen LogP contribution in [0.4, 0.5) is 0 Å². The van der Waals surface area contributed by atoms with Gasteiger partial charge in [0.15, 0.2) is 0 Å². The fraction of sp³-hybridized carbons (Fsp3) is 1.00. The summed E-state index contributed by atoms with van der Waals surface area (Å²) in [5, 5.41) is 3.50. The van der Waals surface area contributed by atoms with E-state index < -0.39 is 0 Å². The Bertz CT molecular complexity index is 269. The molecule has 0 aromatic rings. The van der Waals surface area contributed by atoms with Crippen LogP contribution in [0.5, 0.6) is 0 Å². The molecule has 2 nitrogen and oxygen atoms in total. The fourth-order valence-corrected chi connectivity index (χ4v) is 5.18. The van der Waals surface area contributed by atoms with Crippen molar-refractivity contribution in [3.05, 3.63) is 0 Å². The first-order valence-corrected chi connectivity index (χ1v) is 8.68. The summed E-state index contributed by atoms with van der Waals surface area (Å²) in [5.41, 5.74) is 0.587. The molecule has 1 N–H and O–H groups in total. The fourth-order valence-electron chi connectivity index (χ4n) is 5.18. The summed E-state index contributed by atoms with van der Waals surface area (Å²) in [5.74, 6) is 2.11. The largest absolute Gasteiger partial charge is 0.319 e.